The third kappa shape index (κ3) is 3.66. The first-order chi connectivity index (χ1) is 8.39. The van der Waals surface area contributed by atoms with E-state index in [2.05, 4.69) is 9.71 Å². The summed E-state index contributed by atoms with van der Waals surface area (Å²) >= 11 is 7.13. The molecule has 0 saturated heterocycles. The van der Waals surface area contributed by atoms with Gasteiger partial charge in [-0.25, -0.2) is 18.1 Å². The van der Waals surface area contributed by atoms with Gasteiger partial charge in [0.2, 0.25) is 0 Å². The van der Waals surface area contributed by atoms with Gasteiger partial charge in [0.05, 0.1) is 11.2 Å². The molecule has 0 radical (unpaired) electrons. The molecule has 1 N–H and O–H groups in total. The van der Waals surface area contributed by atoms with Crippen molar-refractivity contribution in [3.63, 3.8) is 0 Å². The number of hydrogen-bond donors (Lipinski definition) is 1. The number of thiazole rings is 1. The van der Waals surface area contributed by atoms with E-state index < -0.39 is 10.0 Å². The van der Waals surface area contributed by atoms with E-state index >= 15 is 0 Å². The van der Waals surface area contributed by atoms with Crippen LogP contribution in [0.25, 0.3) is 0 Å². The van der Waals surface area contributed by atoms with Crippen LogP contribution in [0.5, 0.6) is 0 Å². The Labute approximate surface area is 118 Å². The number of hydrogen-bond acceptors (Lipinski definition) is 4. The van der Waals surface area contributed by atoms with Crippen LogP contribution < -0.4 is 4.72 Å². The maximum Gasteiger partial charge on any atom is 0.251 e. The molecule has 0 aliphatic carbocycles. The van der Waals surface area contributed by atoms with E-state index in [1.807, 2.05) is 13.8 Å². The molecule has 0 spiro atoms. The van der Waals surface area contributed by atoms with Crippen LogP contribution in [0.3, 0.4) is 0 Å². The van der Waals surface area contributed by atoms with Gasteiger partial charge in [0.1, 0.15) is 0 Å². The third-order valence-electron chi connectivity index (χ3n) is 3.29. The molecule has 7 heteroatoms. The van der Waals surface area contributed by atoms with Gasteiger partial charge in [-0.1, -0.05) is 13.8 Å². The minimum absolute atomic E-state index is 0.172. The van der Waals surface area contributed by atoms with Crippen LogP contribution in [0.2, 0.25) is 0 Å². The largest absolute Gasteiger partial charge is 0.251 e. The summed E-state index contributed by atoms with van der Waals surface area (Å²) in [5, 5.41) is 0.741. The lowest BCUT2D eigenvalue weighted by Gasteiger charge is -2.29. The maximum atomic E-state index is 12.1. The van der Waals surface area contributed by atoms with E-state index in [9.17, 15) is 8.42 Å². The highest BCUT2D eigenvalue weighted by Gasteiger charge is 2.28. The second-order valence-corrected chi connectivity index (χ2v) is 7.86. The lowest BCUT2D eigenvalue weighted by atomic mass is 9.85. The molecule has 18 heavy (non-hydrogen) atoms. The van der Waals surface area contributed by atoms with E-state index in [0.29, 0.717) is 12.4 Å². The SMILES string of the molecule is CCC(CC)(CCl)CNS(=O)(=O)c1cnc(C)s1. The lowest BCUT2D eigenvalue weighted by Crippen LogP contribution is -2.38. The van der Waals surface area contributed by atoms with Crippen molar-refractivity contribution in [1.82, 2.24) is 9.71 Å². The number of sulfonamides is 1. The first-order valence-electron chi connectivity index (χ1n) is 5.87. The van der Waals surface area contributed by atoms with Gasteiger partial charge in [-0.05, 0) is 25.2 Å². The molecule has 1 aromatic heterocycles. The topological polar surface area (TPSA) is 59.1 Å². The summed E-state index contributed by atoms with van der Waals surface area (Å²) in [6, 6.07) is 0. The van der Waals surface area contributed by atoms with Crippen LogP contribution in [0.15, 0.2) is 10.4 Å². The second-order valence-electron chi connectivity index (χ2n) is 4.36. The van der Waals surface area contributed by atoms with Crippen molar-refractivity contribution in [2.75, 3.05) is 12.4 Å². The van der Waals surface area contributed by atoms with Crippen LogP contribution in [-0.2, 0) is 10.0 Å². The average Bonchev–Trinajstić information content (AvgIpc) is 2.79. The zero-order valence-electron chi connectivity index (χ0n) is 10.9. The van der Waals surface area contributed by atoms with Gasteiger partial charge in [0, 0.05) is 12.4 Å². The monoisotopic (exact) mass is 310 g/mol. The molecular formula is C11H19ClN2O2S2. The van der Waals surface area contributed by atoms with Gasteiger partial charge in [-0.3, -0.25) is 0 Å². The lowest BCUT2D eigenvalue weighted by molar-refractivity contribution is 0.305. The Bertz CT molecular complexity index is 473. The highest BCUT2D eigenvalue weighted by Crippen LogP contribution is 2.28. The maximum absolute atomic E-state index is 12.1. The zero-order chi connectivity index (χ0) is 13.8. The molecule has 0 unspecified atom stereocenters. The molecule has 1 rings (SSSR count). The van der Waals surface area contributed by atoms with Gasteiger partial charge in [-0.15, -0.1) is 22.9 Å². The van der Waals surface area contributed by atoms with E-state index in [1.54, 1.807) is 6.92 Å². The van der Waals surface area contributed by atoms with E-state index in [-0.39, 0.29) is 9.62 Å². The van der Waals surface area contributed by atoms with Crippen LogP contribution in [0, 0.1) is 12.3 Å². The molecule has 0 atom stereocenters. The summed E-state index contributed by atoms with van der Waals surface area (Å²) in [6.45, 7) is 6.20. The van der Waals surface area contributed by atoms with E-state index in [4.69, 9.17) is 11.6 Å². The smallest absolute Gasteiger partial charge is 0.249 e. The number of nitrogens with one attached hydrogen (secondary N) is 1. The Morgan fingerprint density at radius 1 is 1.44 bits per heavy atom. The van der Waals surface area contributed by atoms with Gasteiger partial charge in [0.25, 0.3) is 10.0 Å². The average molecular weight is 311 g/mol. The first-order valence-corrected chi connectivity index (χ1v) is 8.70. The molecular weight excluding hydrogens is 292 g/mol. The highest BCUT2D eigenvalue weighted by atomic mass is 35.5. The molecule has 0 saturated carbocycles. The molecule has 1 heterocycles. The molecule has 0 amide bonds. The molecule has 0 bridgehead atoms. The Kier molecular flexibility index (Phi) is 5.58. The standard InChI is InChI=1S/C11H19ClN2O2S2/c1-4-11(5-2,7-12)8-14-18(15,16)10-6-13-9(3)17-10/h6,14H,4-5,7-8H2,1-3H3. The van der Waals surface area contributed by atoms with Crippen molar-refractivity contribution < 1.29 is 8.42 Å². The van der Waals surface area contributed by atoms with E-state index in [0.717, 1.165) is 17.8 Å². The zero-order valence-corrected chi connectivity index (χ0v) is 13.3. The second kappa shape index (κ2) is 6.32. The summed E-state index contributed by atoms with van der Waals surface area (Å²) in [7, 11) is -3.46. The van der Waals surface area contributed by atoms with E-state index in [1.165, 1.54) is 17.5 Å². The summed E-state index contributed by atoms with van der Waals surface area (Å²) in [5.41, 5.74) is -0.172. The number of aromatic nitrogens is 1. The molecule has 4 nitrogen and oxygen atoms in total. The molecule has 0 aliphatic rings. The number of alkyl halides is 1. The number of nitrogens with zero attached hydrogens (tertiary/aromatic N) is 1. The predicted octanol–water partition coefficient (Wildman–Crippen LogP) is 2.78. The Balaban J connectivity index is 2.79. The van der Waals surface area contributed by atoms with Gasteiger partial charge in [0.15, 0.2) is 4.21 Å². The summed E-state index contributed by atoms with van der Waals surface area (Å²) < 4.78 is 27.0. The van der Waals surface area contributed by atoms with Crippen LogP contribution in [0.4, 0.5) is 0 Å². The fourth-order valence-corrected chi connectivity index (χ4v) is 4.30. The normalized spacial score (nSPS) is 12.9. The van der Waals surface area contributed by atoms with Crippen LogP contribution >= 0.6 is 22.9 Å². The quantitative estimate of drug-likeness (QED) is 0.788. The molecule has 0 aromatic carbocycles. The van der Waals surface area contributed by atoms with Crippen molar-refractivity contribution >= 4 is 33.0 Å². The van der Waals surface area contributed by atoms with Crippen LogP contribution in [-0.4, -0.2) is 25.8 Å². The molecule has 0 aliphatic heterocycles. The fourth-order valence-electron chi connectivity index (χ4n) is 1.52. The Morgan fingerprint density at radius 3 is 2.44 bits per heavy atom. The highest BCUT2D eigenvalue weighted by molar-refractivity contribution is 7.91. The van der Waals surface area contributed by atoms with Crippen molar-refractivity contribution in [1.29, 1.82) is 0 Å². The minimum Gasteiger partial charge on any atom is -0.249 e. The molecule has 0 fully saturated rings. The number of rotatable bonds is 7. The Morgan fingerprint density at radius 2 is 2.06 bits per heavy atom. The van der Waals surface area contributed by atoms with Crippen LogP contribution in [0.1, 0.15) is 31.7 Å². The van der Waals surface area contributed by atoms with Crippen molar-refractivity contribution in [3.8, 4) is 0 Å². The third-order valence-corrected chi connectivity index (χ3v) is 6.63. The van der Waals surface area contributed by atoms with Gasteiger partial charge in [-0.2, -0.15) is 0 Å². The first kappa shape index (κ1) is 15.9. The number of aryl methyl sites for hydroxylation is 1. The Hall–Kier alpha value is -0.170. The predicted molar refractivity (Wildman–Crippen MR) is 75.8 cm³/mol. The summed E-state index contributed by atoms with van der Waals surface area (Å²) in [5.74, 6) is 0.449. The summed E-state index contributed by atoms with van der Waals surface area (Å²) in [6.07, 6.45) is 3.08. The minimum atomic E-state index is -3.46. The molecule has 1 aromatic rings. The number of halogens is 1. The summed E-state index contributed by atoms with van der Waals surface area (Å²) in [4.78, 5) is 3.96. The van der Waals surface area contributed by atoms with Crippen molar-refractivity contribution in [3.05, 3.63) is 11.2 Å². The fraction of sp³-hybridized carbons (Fsp3) is 0.727. The van der Waals surface area contributed by atoms with Crippen molar-refractivity contribution in [2.45, 2.75) is 37.8 Å². The van der Waals surface area contributed by atoms with Crippen molar-refractivity contribution in [2.24, 2.45) is 5.41 Å². The van der Waals surface area contributed by atoms with Gasteiger partial charge < -0.3 is 0 Å². The molecule has 104 valence electrons. The van der Waals surface area contributed by atoms with Gasteiger partial charge >= 0.3 is 0 Å².